The molecule has 1 heterocycles. The molecular weight excluding hydrogens is 186 g/mol. The Morgan fingerprint density at radius 2 is 2.13 bits per heavy atom. The second-order valence-corrected chi connectivity index (χ2v) is 4.73. The van der Waals surface area contributed by atoms with Crippen molar-refractivity contribution in [3.63, 3.8) is 0 Å². The van der Waals surface area contributed by atoms with Crippen molar-refractivity contribution in [2.45, 2.75) is 71.3 Å². The molecule has 0 bridgehead atoms. The van der Waals surface area contributed by atoms with Crippen LogP contribution in [0.5, 0.6) is 0 Å². The lowest BCUT2D eigenvalue weighted by Gasteiger charge is -2.21. The molecule has 1 aliphatic rings. The number of nitrogens with one attached hydrogen (secondary N) is 1. The molecule has 0 aromatic heterocycles. The van der Waals surface area contributed by atoms with E-state index in [4.69, 9.17) is 0 Å². The maximum Gasteiger partial charge on any atom is 0.220 e. The van der Waals surface area contributed by atoms with Gasteiger partial charge in [0.1, 0.15) is 0 Å². The van der Waals surface area contributed by atoms with E-state index in [2.05, 4.69) is 19.2 Å². The third-order valence-electron chi connectivity index (χ3n) is 3.55. The van der Waals surface area contributed by atoms with Gasteiger partial charge in [0.2, 0.25) is 5.91 Å². The van der Waals surface area contributed by atoms with E-state index in [0.717, 1.165) is 12.8 Å². The Morgan fingerprint density at radius 3 is 2.67 bits per heavy atom. The number of hydrogen-bond acceptors (Lipinski definition) is 1. The highest BCUT2D eigenvalue weighted by molar-refractivity contribution is 5.78. The molecule has 0 aliphatic carbocycles. The van der Waals surface area contributed by atoms with Gasteiger partial charge >= 0.3 is 0 Å². The predicted octanol–water partition coefficient (Wildman–Crippen LogP) is 3.26. The molecule has 88 valence electrons. The highest BCUT2D eigenvalue weighted by Gasteiger charge is 2.26. The number of unbranched alkanes of at least 4 members (excludes halogenated alkanes) is 3. The van der Waals surface area contributed by atoms with Crippen LogP contribution >= 0.6 is 0 Å². The molecule has 2 unspecified atom stereocenters. The zero-order chi connectivity index (χ0) is 11.1. The van der Waals surface area contributed by atoms with Crippen LogP contribution in [0.25, 0.3) is 0 Å². The summed E-state index contributed by atoms with van der Waals surface area (Å²) in [7, 11) is 0. The Labute approximate surface area is 93.8 Å². The van der Waals surface area contributed by atoms with Gasteiger partial charge in [0.15, 0.2) is 0 Å². The zero-order valence-corrected chi connectivity index (χ0v) is 10.2. The van der Waals surface area contributed by atoms with E-state index in [9.17, 15) is 4.79 Å². The van der Waals surface area contributed by atoms with Crippen LogP contribution in [-0.2, 0) is 4.79 Å². The Bertz CT molecular complexity index is 191. The quantitative estimate of drug-likeness (QED) is 0.643. The standard InChI is InChI=1S/C13H25NO/c1-3-5-6-7-8-11(4-2)12-9-10-13(15)14-12/h11-12H,3-10H2,1-2H3,(H,14,15). The maximum absolute atomic E-state index is 11.1. The van der Waals surface area contributed by atoms with E-state index in [1.54, 1.807) is 0 Å². The Hall–Kier alpha value is -0.530. The summed E-state index contributed by atoms with van der Waals surface area (Å²) in [6, 6.07) is 0.476. The molecular formula is C13H25NO. The summed E-state index contributed by atoms with van der Waals surface area (Å²) in [5.74, 6) is 0.973. The third-order valence-corrected chi connectivity index (χ3v) is 3.55. The van der Waals surface area contributed by atoms with Crippen LogP contribution in [0.15, 0.2) is 0 Å². The largest absolute Gasteiger partial charge is 0.353 e. The van der Waals surface area contributed by atoms with Crippen molar-refractivity contribution in [2.75, 3.05) is 0 Å². The van der Waals surface area contributed by atoms with Gasteiger partial charge in [0, 0.05) is 12.5 Å². The first-order valence-corrected chi connectivity index (χ1v) is 6.57. The summed E-state index contributed by atoms with van der Waals surface area (Å²) in [4.78, 5) is 11.1. The average molecular weight is 211 g/mol. The van der Waals surface area contributed by atoms with Crippen molar-refractivity contribution in [1.29, 1.82) is 0 Å². The molecule has 2 heteroatoms. The van der Waals surface area contributed by atoms with Gasteiger partial charge in [-0.3, -0.25) is 4.79 Å². The highest BCUT2D eigenvalue weighted by atomic mass is 16.1. The molecule has 0 aromatic carbocycles. The van der Waals surface area contributed by atoms with Crippen LogP contribution in [0.3, 0.4) is 0 Å². The third kappa shape index (κ3) is 4.23. The molecule has 1 N–H and O–H groups in total. The van der Waals surface area contributed by atoms with Gasteiger partial charge in [-0.05, 0) is 18.8 Å². The lowest BCUT2D eigenvalue weighted by Crippen LogP contribution is -2.32. The van der Waals surface area contributed by atoms with Crippen LogP contribution in [-0.4, -0.2) is 11.9 Å². The summed E-state index contributed by atoms with van der Waals surface area (Å²) in [6.07, 6.45) is 9.65. The predicted molar refractivity (Wildman–Crippen MR) is 63.7 cm³/mol. The first-order valence-electron chi connectivity index (χ1n) is 6.57. The van der Waals surface area contributed by atoms with Crippen molar-refractivity contribution in [3.8, 4) is 0 Å². The average Bonchev–Trinajstić information content (AvgIpc) is 2.65. The second-order valence-electron chi connectivity index (χ2n) is 4.73. The number of hydrogen-bond donors (Lipinski definition) is 1. The molecule has 1 fully saturated rings. The molecule has 2 nitrogen and oxygen atoms in total. The van der Waals surface area contributed by atoms with Crippen molar-refractivity contribution in [3.05, 3.63) is 0 Å². The first-order chi connectivity index (χ1) is 7.27. The summed E-state index contributed by atoms with van der Waals surface area (Å²) in [5, 5.41) is 3.11. The summed E-state index contributed by atoms with van der Waals surface area (Å²) in [6.45, 7) is 4.49. The number of carbonyl (C=O) groups excluding carboxylic acids is 1. The number of carbonyl (C=O) groups is 1. The molecule has 1 rings (SSSR count). The molecule has 0 radical (unpaired) electrons. The van der Waals surface area contributed by atoms with Gasteiger partial charge < -0.3 is 5.32 Å². The van der Waals surface area contributed by atoms with E-state index in [1.165, 1.54) is 38.5 Å². The highest BCUT2D eigenvalue weighted by Crippen LogP contribution is 2.24. The molecule has 1 amide bonds. The fourth-order valence-corrected chi connectivity index (χ4v) is 2.51. The normalized spacial score (nSPS) is 22.8. The van der Waals surface area contributed by atoms with Crippen LogP contribution in [0, 0.1) is 5.92 Å². The van der Waals surface area contributed by atoms with E-state index < -0.39 is 0 Å². The molecule has 0 saturated carbocycles. The monoisotopic (exact) mass is 211 g/mol. The second kappa shape index (κ2) is 6.86. The summed E-state index contributed by atoms with van der Waals surface area (Å²) in [5.41, 5.74) is 0. The SMILES string of the molecule is CCCCCCC(CC)C1CCC(=O)N1. The molecule has 15 heavy (non-hydrogen) atoms. The number of amides is 1. The van der Waals surface area contributed by atoms with E-state index in [1.807, 2.05) is 0 Å². The summed E-state index contributed by atoms with van der Waals surface area (Å²) < 4.78 is 0. The fraction of sp³-hybridized carbons (Fsp3) is 0.923. The minimum atomic E-state index is 0.256. The van der Waals surface area contributed by atoms with E-state index in [0.29, 0.717) is 12.0 Å². The van der Waals surface area contributed by atoms with E-state index in [-0.39, 0.29) is 5.91 Å². The van der Waals surface area contributed by atoms with E-state index >= 15 is 0 Å². The molecule has 2 atom stereocenters. The van der Waals surface area contributed by atoms with Crippen LogP contribution < -0.4 is 5.32 Å². The van der Waals surface area contributed by atoms with Crippen LogP contribution in [0.4, 0.5) is 0 Å². The lowest BCUT2D eigenvalue weighted by molar-refractivity contribution is -0.119. The fourth-order valence-electron chi connectivity index (χ4n) is 2.51. The summed E-state index contributed by atoms with van der Waals surface area (Å²) >= 11 is 0. The molecule has 0 spiro atoms. The van der Waals surface area contributed by atoms with Crippen molar-refractivity contribution in [1.82, 2.24) is 5.32 Å². The van der Waals surface area contributed by atoms with Gasteiger partial charge in [-0.25, -0.2) is 0 Å². The Balaban J connectivity index is 2.20. The molecule has 1 saturated heterocycles. The van der Waals surface area contributed by atoms with Gasteiger partial charge in [0.25, 0.3) is 0 Å². The maximum atomic E-state index is 11.1. The van der Waals surface area contributed by atoms with Crippen molar-refractivity contribution in [2.24, 2.45) is 5.92 Å². The van der Waals surface area contributed by atoms with Gasteiger partial charge in [0.05, 0.1) is 0 Å². The molecule has 0 aromatic rings. The lowest BCUT2D eigenvalue weighted by atomic mass is 9.90. The van der Waals surface area contributed by atoms with Crippen molar-refractivity contribution >= 4 is 5.91 Å². The Morgan fingerprint density at radius 1 is 1.33 bits per heavy atom. The molecule has 1 aliphatic heterocycles. The number of rotatable bonds is 7. The van der Waals surface area contributed by atoms with Gasteiger partial charge in [-0.1, -0.05) is 46.0 Å². The Kier molecular flexibility index (Phi) is 5.74. The minimum Gasteiger partial charge on any atom is -0.353 e. The van der Waals surface area contributed by atoms with Crippen LogP contribution in [0.2, 0.25) is 0 Å². The van der Waals surface area contributed by atoms with Crippen LogP contribution in [0.1, 0.15) is 65.2 Å². The van der Waals surface area contributed by atoms with Gasteiger partial charge in [-0.2, -0.15) is 0 Å². The smallest absolute Gasteiger partial charge is 0.220 e. The topological polar surface area (TPSA) is 29.1 Å². The van der Waals surface area contributed by atoms with Gasteiger partial charge in [-0.15, -0.1) is 0 Å². The zero-order valence-electron chi connectivity index (χ0n) is 10.2. The first kappa shape index (κ1) is 12.5. The van der Waals surface area contributed by atoms with Crippen molar-refractivity contribution < 1.29 is 4.79 Å². The minimum absolute atomic E-state index is 0.256.